The first kappa shape index (κ1) is 16.8. The lowest BCUT2D eigenvalue weighted by molar-refractivity contribution is -0.138. The molecule has 1 aliphatic heterocycles. The normalized spacial score (nSPS) is 18.5. The predicted molar refractivity (Wildman–Crippen MR) is 74.6 cm³/mol. The highest BCUT2D eigenvalue weighted by molar-refractivity contribution is 5.91. The van der Waals surface area contributed by atoms with Gasteiger partial charge in [-0.1, -0.05) is 6.07 Å². The highest BCUT2D eigenvalue weighted by Crippen LogP contribution is 2.33. The molecule has 1 aromatic carbocycles. The smallest absolute Gasteiger partial charge is 0.376 e. The van der Waals surface area contributed by atoms with Gasteiger partial charge in [-0.05, 0) is 37.5 Å². The van der Waals surface area contributed by atoms with Gasteiger partial charge in [-0.15, -0.1) is 0 Å². The summed E-state index contributed by atoms with van der Waals surface area (Å²) < 4.78 is 48.9. The highest BCUT2D eigenvalue weighted by atomic mass is 19.4. The number of carbonyl (C=O) groups excluding carboxylic acids is 1. The number of hydrogen-bond acceptors (Lipinski definition) is 3. The topological polar surface area (TPSA) is 47.6 Å². The molecule has 122 valence electrons. The van der Waals surface area contributed by atoms with Crippen LogP contribution >= 0.6 is 0 Å². The zero-order valence-corrected chi connectivity index (χ0v) is 12.2. The Morgan fingerprint density at radius 1 is 1.45 bits per heavy atom. The number of amides is 1. The Kier molecular flexibility index (Phi) is 5.42. The molecule has 0 saturated carbocycles. The molecule has 1 unspecified atom stereocenters. The number of alkyl halides is 3. The quantitative estimate of drug-likeness (QED) is 0.907. The van der Waals surface area contributed by atoms with Crippen LogP contribution in [0.4, 0.5) is 18.9 Å². The van der Waals surface area contributed by atoms with Crippen LogP contribution in [-0.2, 0) is 20.4 Å². The van der Waals surface area contributed by atoms with Crippen LogP contribution in [0, 0.1) is 6.92 Å². The molecule has 0 spiro atoms. The molecule has 1 fully saturated rings. The van der Waals surface area contributed by atoms with E-state index in [1.807, 2.05) is 0 Å². The first-order valence-electron chi connectivity index (χ1n) is 7.03. The number of nitrogens with one attached hydrogen (secondary N) is 1. The molecular weight excluding hydrogens is 299 g/mol. The summed E-state index contributed by atoms with van der Waals surface area (Å²) in [4.78, 5) is 11.7. The van der Waals surface area contributed by atoms with E-state index in [0.717, 1.165) is 18.9 Å². The van der Waals surface area contributed by atoms with Gasteiger partial charge in [0.15, 0.2) is 0 Å². The van der Waals surface area contributed by atoms with Gasteiger partial charge in [-0.25, -0.2) is 0 Å². The van der Waals surface area contributed by atoms with Gasteiger partial charge < -0.3 is 14.8 Å². The van der Waals surface area contributed by atoms with E-state index in [2.05, 4.69) is 5.32 Å². The number of ether oxygens (including phenoxy) is 2. The summed E-state index contributed by atoms with van der Waals surface area (Å²) in [6.07, 6.45) is -2.57. The van der Waals surface area contributed by atoms with E-state index in [1.165, 1.54) is 19.1 Å². The fourth-order valence-corrected chi connectivity index (χ4v) is 2.26. The Hall–Kier alpha value is -1.60. The number of benzene rings is 1. The highest BCUT2D eigenvalue weighted by Gasteiger charge is 2.32. The Labute approximate surface area is 126 Å². The lowest BCUT2D eigenvalue weighted by atomic mass is 10.1. The van der Waals surface area contributed by atoms with E-state index >= 15 is 0 Å². The second-order valence-corrected chi connectivity index (χ2v) is 5.23. The molecular formula is C15H18F3NO3. The molecule has 22 heavy (non-hydrogen) atoms. The Morgan fingerprint density at radius 3 is 2.86 bits per heavy atom. The standard InChI is InChI=1S/C15H18F3NO3/c1-10-4-5-11(7-13(10)15(16,17)18)19-14(20)9-21-8-12-3-2-6-22-12/h4-5,7,12H,2-3,6,8-9H2,1H3,(H,19,20). The van der Waals surface area contributed by atoms with Crippen molar-refractivity contribution in [1.82, 2.24) is 0 Å². The van der Waals surface area contributed by atoms with Crippen molar-refractivity contribution in [3.8, 4) is 0 Å². The molecule has 1 saturated heterocycles. The third-order valence-corrected chi connectivity index (χ3v) is 3.39. The molecule has 4 nitrogen and oxygen atoms in total. The van der Waals surface area contributed by atoms with Crippen LogP contribution in [0.2, 0.25) is 0 Å². The third kappa shape index (κ3) is 4.71. The minimum atomic E-state index is -4.44. The van der Waals surface area contributed by atoms with Crippen LogP contribution in [0.25, 0.3) is 0 Å². The summed E-state index contributed by atoms with van der Waals surface area (Å²) in [6.45, 7) is 2.17. The van der Waals surface area contributed by atoms with Crippen LogP contribution in [0.1, 0.15) is 24.0 Å². The van der Waals surface area contributed by atoms with Crippen LogP contribution in [0.15, 0.2) is 18.2 Å². The van der Waals surface area contributed by atoms with Crippen molar-refractivity contribution >= 4 is 11.6 Å². The summed E-state index contributed by atoms with van der Waals surface area (Å²) >= 11 is 0. The van der Waals surface area contributed by atoms with E-state index < -0.39 is 17.6 Å². The Morgan fingerprint density at radius 2 is 2.23 bits per heavy atom. The van der Waals surface area contributed by atoms with Gasteiger partial charge in [0.2, 0.25) is 5.91 Å². The van der Waals surface area contributed by atoms with E-state index in [1.54, 1.807) is 0 Å². The summed E-state index contributed by atoms with van der Waals surface area (Å²) in [6, 6.07) is 3.68. The van der Waals surface area contributed by atoms with Crippen molar-refractivity contribution in [2.75, 3.05) is 25.1 Å². The Bertz CT molecular complexity index is 525. The minimum absolute atomic E-state index is 0.00371. The maximum atomic E-state index is 12.8. The van der Waals surface area contributed by atoms with Gasteiger partial charge in [0.05, 0.1) is 18.3 Å². The molecule has 0 bridgehead atoms. The number of hydrogen-bond donors (Lipinski definition) is 1. The monoisotopic (exact) mass is 317 g/mol. The zero-order chi connectivity index (χ0) is 16.2. The fraction of sp³-hybridized carbons (Fsp3) is 0.533. The largest absolute Gasteiger partial charge is 0.416 e. The predicted octanol–water partition coefficient (Wildman–Crippen LogP) is 3.15. The molecule has 1 atom stereocenters. The Balaban J connectivity index is 1.85. The number of rotatable bonds is 5. The molecule has 0 aromatic heterocycles. The average Bonchev–Trinajstić information content (AvgIpc) is 2.93. The van der Waals surface area contributed by atoms with Gasteiger partial charge in [-0.3, -0.25) is 4.79 Å². The molecule has 1 N–H and O–H groups in total. The van der Waals surface area contributed by atoms with Crippen LogP contribution < -0.4 is 5.32 Å². The molecule has 1 amide bonds. The van der Waals surface area contributed by atoms with Gasteiger partial charge in [0.25, 0.3) is 0 Å². The third-order valence-electron chi connectivity index (χ3n) is 3.39. The molecule has 0 aliphatic carbocycles. The van der Waals surface area contributed by atoms with Gasteiger partial charge in [0, 0.05) is 12.3 Å². The summed E-state index contributed by atoms with van der Waals surface area (Å²) in [7, 11) is 0. The van der Waals surface area contributed by atoms with Crippen molar-refractivity contribution in [1.29, 1.82) is 0 Å². The van der Waals surface area contributed by atoms with E-state index in [9.17, 15) is 18.0 Å². The van der Waals surface area contributed by atoms with Gasteiger partial charge >= 0.3 is 6.18 Å². The van der Waals surface area contributed by atoms with Crippen molar-refractivity contribution in [3.63, 3.8) is 0 Å². The summed E-state index contributed by atoms with van der Waals surface area (Å²) in [5.74, 6) is -0.491. The number of halogens is 3. The van der Waals surface area contributed by atoms with Crippen LogP contribution in [-0.4, -0.2) is 31.8 Å². The summed E-state index contributed by atoms with van der Waals surface area (Å²) in [5, 5.41) is 2.40. The lowest BCUT2D eigenvalue weighted by Crippen LogP contribution is -2.22. The maximum absolute atomic E-state index is 12.8. The maximum Gasteiger partial charge on any atom is 0.416 e. The average molecular weight is 317 g/mol. The molecule has 1 aliphatic rings. The SMILES string of the molecule is Cc1ccc(NC(=O)COCC2CCCO2)cc1C(F)(F)F. The van der Waals surface area contributed by atoms with Crippen molar-refractivity contribution in [2.45, 2.75) is 32.0 Å². The van der Waals surface area contributed by atoms with Gasteiger partial charge in [-0.2, -0.15) is 13.2 Å². The van der Waals surface area contributed by atoms with Crippen LogP contribution in [0.5, 0.6) is 0 Å². The zero-order valence-electron chi connectivity index (χ0n) is 12.2. The minimum Gasteiger partial charge on any atom is -0.376 e. The number of carbonyl (C=O) groups is 1. The van der Waals surface area contributed by atoms with E-state index in [4.69, 9.17) is 9.47 Å². The number of anilines is 1. The molecule has 2 rings (SSSR count). The van der Waals surface area contributed by atoms with E-state index in [0.29, 0.717) is 13.2 Å². The number of aryl methyl sites for hydroxylation is 1. The van der Waals surface area contributed by atoms with Crippen molar-refractivity contribution in [3.05, 3.63) is 29.3 Å². The second kappa shape index (κ2) is 7.11. The molecule has 1 heterocycles. The first-order valence-corrected chi connectivity index (χ1v) is 7.03. The molecule has 0 radical (unpaired) electrons. The fourth-order valence-electron chi connectivity index (χ4n) is 2.26. The molecule has 1 aromatic rings. The molecule has 7 heteroatoms. The van der Waals surface area contributed by atoms with Crippen molar-refractivity contribution < 1.29 is 27.4 Å². The van der Waals surface area contributed by atoms with E-state index in [-0.39, 0.29) is 24.0 Å². The first-order chi connectivity index (χ1) is 10.4. The summed E-state index contributed by atoms with van der Waals surface area (Å²) in [5.41, 5.74) is -0.547. The lowest BCUT2D eigenvalue weighted by Gasteiger charge is -2.13. The van der Waals surface area contributed by atoms with Crippen LogP contribution in [0.3, 0.4) is 0 Å². The van der Waals surface area contributed by atoms with Gasteiger partial charge in [0.1, 0.15) is 6.61 Å². The second-order valence-electron chi connectivity index (χ2n) is 5.23. The van der Waals surface area contributed by atoms with Crippen molar-refractivity contribution in [2.24, 2.45) is 0 Å².